The van der Waals surface area contributed by atoms with Gasteiger partial charge in [0.2, 0.25) is 5.91 Å². The molecule has 7 nitrogen and oxygen atoms in total. The molecule has 1 heterocycles. The van der Waals surface area contributed by atoms with E-state index in [0.717, 1.165) is 0 Å². The lowest BCUT2D eigenvalue weighted by Gasteiger charge is -2.37. The number of amides is 2. The van der Waals surface area contributed by atoms with Gasteiger partial charge in [-0.05, 0) is 38.8 Å². The van der Waals surface area contributed by atoms with Crippen LogP contribution in [0.1, 0.15) is 37.0 Å². The van der Waals surface area contributed by atoms with Gasteiger partial charge in [0.05, 0.1) is 24.6 Å². The maximum atomic E-state index is 12.4. The summed E-state index contributed by atoms with van der Waals surface area (Å²) in [5, 5.41) is 11.8. The molecule has 0 spiro atoms. The molecule has 2 atom stereocenters. The summed E-state index contributed by atoms with van der Waals surface area (Å²) < 4.78 is 5.42. The fourth-order valence-corrected chi connectivity index (χ4v) is 3.11. The van der Waals surface area contributed by atoms with E-state index in [1.165, 1.54) is 4.90 Å². The summed E-state index contributed by atoms with van der Waals surface area (Å²) in [5.41, 5.74) is 0.368. The van der Waals surface area contributed by atoms with Gasteiger partial charge in [-0.25, -0.2) is 0 Å². The molecular formula is C18H24N2O5. The van der Waals surface area contributed by atoms with Crippen molar-refractivity contribution < 1.29 is 24.2 Å². The van der Waals surface area contributed by atoms with Gasteiger partial charge >= 0.3 is 5.97 Å². The van der Waals surface area contributed by atoms with Crippen LogP contribution in [0.2, 0.25) is 0 Å². The van der Waals surface area contributed by atoms with Crippen LogP contribution in [0.25, 0.3) is 0 Å². The molecule has 1 aliphatic heterocycles. The first-order valence-electron chi connectivity index (χ1n) is 8.48. The van der Waals surface area contributed by atoms with Gasteiger partial charge in [0.1, 0.15) is 5.75 Å². The van der Waals surface area contributed by atoms with E-state index < -0.39 is 17.8 Å². The van der Waals surface area contributed by atoms with Gasteiger partial charge in [0, 0.05) is 12.6 Å². The summed E-state index contributed by atoms with van der Waals surface area (Å²) in [7, 11) is 0. The number of carboxylic acid groups (broad SMARTS) is 1. The number of para-hydroxylation sites is 1. The number of ether oxygens (including phenoxy) is 1. The Morgan fingerprint density at radius 2 is 2.04 bits per heavy atom. The van der Waals surface area contributed by atoms with Crippen LogP contribution < -0.4 is 10.1 Å². The molecule has 0 radical (unpaired) electrons. The zero-order valence-corrected chi connectivity index (χ0v) is 14.5. The third kappa shape index (κ3) is 4.49. The molecule has 1 saturated heterocycles. The topological polar surface area (TPSA) is 95.9 Å². The third-order valence-electron chi connectivity index (χ3n) is 4.46. The van der Waals surface area contributed by atoms with E-state index in [1.54, 1.807) is 31.2 Å². The monoisotopic (exact) mass is 348 g/mol. The molecule has 2 rings (SSSR count). The predicted octanol–water partition coefficient (Wildman–Crippen LogP) is 1.53. The number of nitrogens with one attached hydrogen (secondary N) is 1. The molecule has 1 aromatic rings. The van der Waals surface area contributed by atoms with Crippen LogP contribution in [0.3, 0.4) is 0 Å². The number of hydrogen-bond donors (Lipinski definition) is 2. The van der Waals surface area contributed by atoms with Crippen LogP contribution in [0.5, 0.6) is 5.75 Å². The lowest BCUT2D eigenvalue weighted by Crippen LogP contribution is -2.51. The summed E-state index contributed by atoms with van der Waals surface area (Å²) in [6.45, 7) is 4.34. The zero-order chi connectivity index (χ0) is 18.4. The number of likely N-dealkylation sites (tertiary alicyclic amines) is 1. The quantitative estimate of drug-likeness (QED) is 0.813. The third-order valence-corrected chi connectivity index (χ3v) is 4.46. The van der Waals surface area contributed by atoms with Crippen LogP contribution in [-0.4, -0.2) is 53.5 Å². The number of carbonyl (C=O) groups excluding carboxylic acids is 2. The highest BCUT2D eigenvalue weighted by molar-refractivity contribution is 5.98. The molecule has 0 saturated carbocycles. The first-order chi connectivity index (χ1) is 12.0. The van der Waals surface area contributed by atoms with Crippen molar-refractivity contribution in [1.82, 2.24) is 10.2 Å². The normalized spacial score (nSPS) is 20.0. The molecule has 7 heteroatoms. The van der Waals surface area contributed by atoms with E-state index in [4.69, 9.17) is 4.74 Å². The second-order valence-corrected chi connectivity index (χ2v) is 6.03. The first-order valence-corrected chi connectivity index (χ1v) is 8.48. The maximum absolute atomic E-state index is 12.4. The molecule has 136 valence electrons. The summed E-state index contributed by atoms with van der Waals surface area (Å²) >= 11 is 0. The van der Waals surface area contributed by atoms with Crippen molar-refractivity contribution in [2.45, 2.75) is 32.7 Å². The summed E-state index contributed by atoms with van der Waals surface area (Å²) in [6.07, 6.45) is 1.21. The minimum Gasteiger partial charge on any atom is -0.493 e. The Morgan fingerprint density at radius 1 is 1.32 bits per heavy atom. The average Bonchev–Trinajstić information content (AvgIpc) is 2.60. The fourth-order valence-electron chi connectivity index (χ4n) is 3.11. The van der Waals surface area contributed by atoms with Gasteiger partial charge in [-0.15, -0.1) is 0 Å². The molecule has 0 bridgehead atoms. The maximum Gasteiger partial charge on any atom is 0.308 e. The molecule has 0 aromatic heterocycles. The van der Waals surface area contributed by atoms with Crippen molar-refractivity contribution in [3.8, 4) is 5.75 Å². The Bertz CT molecular complexity index is 646. The van der Waals surface area contributed by atoms with E-state index in [2.05, 4.69) is 5.32 Å². The van der Waals surface area contributed by atoms with Crippen molar-refractivity contribution in [2.24, 2.45) is 5.92 Å². The Morgan fingerprint density at radius 3 is 2.72 bits per heavy atom. The van der Waals surface area contributed by atoms with Crippen molar-refractivity contribution >= 4 is 17.8 Å². The average molecular weight is 348 g/mol. The second-order valence-electron chi connectivity index (χ2n) is 6.03. The SMILES string of the molecule is CCOc1ccccc1C(=O)NCC(=O)N1CCC[C@H](C(=O)O)[C@@H]1C. The van der Waals surface area contributed by atoms with Crippen molar-refractivity contribution in [1.29, 1.82) is 0 Å². The molecule has 1 fully saturated rings. The van der Waals surface area contributed by atoms with E-state index in [-0.39, 0.29) is 18.5 Å². The summed E-state index contributed by atoms with van der Waals surface area (Å²) in [4.78, 5) is 37.5. The number of carbonyl (C=O) groups is 3. The van der Waals surface area contributed by atoms with Gasteiger partial charge in [0.25, 0.3) is 5.91 Å². The number of carboxylic acids is 1. The zero-order valence-electron chi connectivity index (χ0n) is 14.5. The van der Waals surface area contributed by atoms with Crippen molar-refractivity contribution in [2.75, 3.05) is 19.7 Å². The first kappa shape index (κ1) is 18.8. The van der Waals surface area contributed by atoms with Gasteiger partial charge in [-0.2, -0.15) is 0 Å². The van der Waals surface area contributed by atoms with Gasteiger partial charge < -0.3 is 20.1 Å². The largest absolute Gasteiger partial charge is 0.493 e. The van der Waals surface area contributed by atoms with Crippen molar-refractivity contribution in [3.05, 3.63) is 29.8 Å². The number of rotatable bonds is 6. The van der Waals surface area contributed by atoms with Gasteiger partial charge in [-0.3, -0.25) is 14.4 Å². The molecule has 0 unspecified atom stereocenters. The van der Waals surface area contributed by atoms with Gasteiger partial charge in [-0.1, -0.05) is 12.1 Å². The van der Waals surface area contributed by atoms with Crippen LogP contribution in [0.4, 0.5) is 0 Å². The highest BCUT2D eigenvalue weighted by Gasteiger charge is 2.35. The fraction of sp³-hybridized carbons (Fsp3) is 0.500. The lowest BCUT2D eigenvalue weighted by molar-refractivity contribution is -0.148. The van der Waals surface area contributed by atoms with Crippen LogP contribution in [-0.2, 0) is 9.59 Å². The molecule has 2 N–H and O–H groups in total. The number of piperidine rings is 1. The molecule has 1 aliphatic rings. The molecule has 25 heavy (non-hydrogen) atoms. The second kappa shape index (κ2) is 8.50. The molecule has 2 amide bonds. The highest BCUT2D eigenvalue weighted by Crippen LogP contribution is 2.24. The Hall–Kier alpha value is -2.57. The lowest BCUT2D eigenvalue weighted by atomic mass is 9.90. The number of aliphatic carboxylic acids is 1. The number of benzene rings is 1. The predicted molar refractivity (Wildman–Crippen MR) is 91.5 cm³/mol. The molecule has 1 aromatic carbocycles. The molecular weight excluding hydrogens is 324 g/mol. The number of hydrogen-bond acceptors (Lipinski definition) is 4. The summed E-state index contributed by atoms with van der Waals surface area (Å²) in [5.74, 6) is -1.66. The van der Waals surface area contributed by atoms with E-state index in [1.807, 2.05) is 6.92 Å². The highest BCUT2D eigenvalue weighted by atomic mass is 16.5. The van der Waals surface area contributed by atoms with Crippen LogP contribution >= 0.6 is 0 Å². The summed E-state index contributed by atoms with van der Waals surface area (Å²) in [6, 6.07) is 6.45. The Balaban J connectivity index is 1.97. The molecule has 0 aliphatic carbocycles. The van der Waals surface area contributed by atoms with E-state index in [9.17, 15) is 19.5 Å². The van der Waals surface area contributed by atoms with Gasteiger partial charge in [0.15, 0.2) is 0 Å². The van der Waals surface area contributed by atoms with E-state index >= 15 is 0 Å². The number of nitrogens with zero attached hydrogens (tertiary/aromatic N) is 1. The smallest absolute Gasteiger partial charge is 0.308 e. The van der Waals surface area contributed by atoms with Crippen molar-refractivity contribution in [3.63, 3.8) is 0 Å². The minimum absolute atomic E-state index is 0.171. The Labute approximate surface area is 147 Å². The van der Waals surface area contributed by atoms with Crippen LogP contribution in [0.15, 0.2) is 24.3 Å². The van der Waals surface area contributed by atoms with E-state index in [0.29, 0.717) is 37.3 Å². The standard InChI is InChI=1S/C18H24N2O5/c1-3-25-15-9-5-4-7-14(15)17(22)19-11-16(21)20-10-6-8-13(12(20)2)18(23)24/h4-5,7,9,12-13H,3,6,8,10-11H2,1-2H3,(H,19,22)(H,23,24)/t12-,13-/m0/s1. The Kier molecular flexibility index (Phi) is 6.38. The minimum atomic E-state index is -0.889. The van der Waals surface area contributed by atoms with Crippen LogP contribution in [0, 0.1) is 5.92 Å².